The van der Waals surface area contributed by atoms with Crippen LogP contribution >= 0.6 is 24.8 Å². The molecule has 0 saturated carbocycles. The van der Waals surface area contributed by atoms with E-state index >= 15 is 0 Å². The minimum absolute atomic E-state index is 0. The normalized spacial score (nSPS) is 15.9. The molecule has 1 N–H and O–H groups in total. The molecule has 5 heteroatoms. The summed E-state index contributed by atoms with van der Waals surface area (Å²) in [6.45, 7) is 8.28. The smallest absolute Gasteiger partial charge is 0.119 e. The monoisotopic (exact) mass is 368 g/mol. The molecule has 1 fully saturated rings. The van der Waals surface area contributed by atoms with Gasteiger partial charge in [0.2, 0.25) is 0 Å². The number of ether oxygens (including phenoxy) is 1. The highest BCUT2D eigenvalue weighted by Gasteiger charge is 2.21. The molecule has 0 amide bonds. The minimum Gasteiger partial charge on any atom is -0.497 e. The zero-order chi connectivity index (χ0) is 15.4. The largest absolute Gasteiger partial charge is 0.497 e. The lowest BCUT2D eigenvalue weighted by Gasteiger charge is -2.35. The maximum Gasteiger partial charge on any atom is 0.119 e. The fraction of sp³-hybridized carbons (Fsp3) is 0.368. The first-order chi connectivity index (χ1) is 10.8. The Bertz CT molecular complexity index is 657. The van der Waals surface area contributed by atoms with Crippen LogP contribution in [0, 0.1) is 0 Å². The molecular formula is C19H26Cl2N2O. The van der Waals surface area contributed by atoms with Crippen LogP contribution in [0.5, 0.6) is 5.75 Å². The van der Waals surface area contributed by atoms with Crippen molar-refractivity contribution in [2.75, 3.05) is 33.3 Å². The molecule has 0 aromatic heterocycles. The first-order valence-corrected chi connectivity index (χ1v) is 7.95. The lowest BCUT2D eigenvalue weighted by atomic mass is 9.98. The summed E-state index contributed by atoms with van der Waals surface area (Å²) in [7, 11) is 1.71. The van der Waals surface area contributed by atoms with Gasteiger partial charge in [-0.3, -0.25) is 4.90 Å². The Morgan fingerprint density at radius 3 is 2.46 bits per heavy atom. The predicted molar refractivity (Wildman–Crippen MR) is 107 cm³/mol. The third-order valence-corrected chi connectivity index (χ3v) is 4.44. The van der Waals surface area contributed by atoms with E-state index in [-0.39, 0.29) is 24.8 Å². The van der Waals surface area contributed by atoms with E-state index in [1.807, 2.05) is 12.1 Å². The molecule has 0 bridgehead atoms. The highest BCUT2D eigenvalue weighted by molar-refractivity contribution is 5.86. The molecule has 3 rings (SSSR count). The van der Waals surface area contributed by atoms with E-state index in [9.17, 15) is 0 Å². The van der Waals surface area contributed by atoms with E-state index in [0.717, 1.165) is 38.3 Å². The molecule has 1 aliphatic rings. The highest BCUT2D eigenvalue weighted by atomic mass is 35.5. The van der Waals surface area contributed by atoms with Crippen molar-refractivity contribution in [3.63, 3.8) is 0 Å². The number of piperazine rings is 1. The highest BCUT2D eigenvalue weighted by Crippen LogP contribution is 2.29. The average Bonchev–Trinajstić information content (AvgIpc) is 2.59. The van der Waals surface area contributed by atoms with Gasteiger partial charge in [0.25, 0.3) is 0 Å². The van der Waals surface area contributed by atoms with Crippen molar-refractivity contribution in [3.8, 4) is 5.75 Å². The van der Waals surface area contributed by atoms with Gasteiger partial charge in [0, 0.05) is 32.2 Å². The van der Waals surface area contributed by atoms with Crippen LogP contribution in [-0.4, -0.2) is 38.2 Å². The van der Waals surface area contributed by atoms with Gasteiger partial charge >= 0.3 is 0 Å². The third-order valence-electron chi connectivity index (χ3n) is 4.44. The van der Waals surface area contributed by atoms with Gasteiger partial charge in [0.1, 0.15) is 5.75 Å². The second-order valence-electron chi connectivity index (χ2n) is 5.80. The second kappa shape index (κ2) is 9.90. The molecular weight excluding hydrogens is 343 g/mol. The van der Waals surface area contributed by atoms with Crippen molar-refractivity contribution in [1.29, 1.82) is 0 Å². The quantitative estimate of drug-likeness (QED) is 0.799. The number of methoxy groups -OCH3 is 1. The lowest BCUT2D eigenvalue weighted by Crippen LogP contribution is -2.45. The molecule has 0 spiro atoms. The summed E-state index contributed by atoms with van der Waals surface area (Å²) in [5, 5.41) is 5.91. The molecule has 0 radical (unpaired) electrons. The van der Waals surface area contributed by atoms with Crippen molar-refractivity contribution < 1.29 is 4.74 Å². The van der Waals surface area contributed by atoms with Gasteiger partial charge in [-0.1, -0.05) is 24.3 Å². The van der Waals surface area contributed by atoms with E-state index < -0.39 is 0 Å². The van der Waals surface area contributed by atoms with E-state index in [4.69, 9.17) is 4.74 Å². The van der Waals surface area contributed by atoms with Gasteiger partial charge in [0.15, 0.2) is 0 Å². The Labute approximate surface area is 156 Å². The molecule has 1 saturated heterocycles. The number of rotatable bonds is 5. The Morgan fingerprint density at radius 1 is 1.12 bits per heavy atom. The van der Waals surface area contributed by atoms with Crippen LogP contribution in [0.2, 0.25) is 0 Å². The van der Waals surface area contributed by atoms with E-state index in [1.54, 1.807) is 7.11 Å². The van der Waals surface area contributed by atoms with Gasteiger partial charge in [0.05, 0.1) is 7.11 Å². The van der Waals surface area contributed by atoms with E-state index in [2.05, 4.69) is 47.1 Å². The van der Waals surface area contributed by atoms with Gasteiger partial charge in [-0.25, -0.2) is 0 Å². The number of hydrogen-bond acceptors (Lipinski definition) is 3. The summed E-state index contributed by atoms with van der Waals surface area (Å²) in [4.78, 5) is 2.56. The lowest BCUT2D eigenvalue weighted by molar-refractivity contribution is 0.174. The van der Waals surface area contributed by atoms with Gasteiger partial charge in [-0.15, -0.1) is 31.4 Å². The van der Waals surface area contributed by atoms with Crippen LogP contribution in [0.4, 0.5) is 0 Å². The van der Waals surface area contributed by atoms with Crippen molar-refractivity contribution >= 4 is 35.6 Å². The van der Waals surface area contributed by atoms with E-state index in [1.165, 1.54) is 16.3 Å². The van der Waals surface area contributed by atoms with Gasteiger partial charge < -0.3 is 10.1 Å². The number of nitrogens with zero attached hydrogens (tertiary/aromatic N) is 1. The number of hydrogen-bond donors (Lipinski definition) is 1. The van der Waals surface area contributed by atoms with Crippen LogP contribution in [0.1, 0.15) is 18.0 Å². The maximum atomic E-state index is 5.31. The number of nitrogens with one attached hydrogen (secondary N) is 1. The molecule has 0 unspecified atom stereocenters. The zero-order valence-electron chi connectivity index (χ0n) is 14.0. The van der Waals surface area contributed by atoms with Crippen LogP contribution < -0.4 is 10.1 Å². The van der Waals surface area contributed by atoms with Crippen molar-refractivity contribution in [3.05, 3.63) is 54.6 Å². The minimum atomic E-state index is 0. The molecule has 1 atom stereocenters. The predicted octanol–water partition coefficient (Wildman–Crippen LogP) is 4.21. The van der Waals surface area contributed by atoms with Crippen molar-refractivity contribution in [2.24, 2.45) is 0 Å². The first-order valence-electron chi connectivity index (χ1n) is 7.95. The van der Waals surface area contributed by atoms with Crippen LogP contribution in [0.25, 0.3) is 10.8 Å². The molecule has 1 heterocycles. The molecule has 0 aliphatic carbocycles. The zero-order valence-corrected chi connectivity index (χ0v) is 15.7. The standard InChI is InChI=1S/C19H24N2O.2ClH/c1-3-4-19(21-11-9-20-10-12-21)17-6-5-16-14-18(22-2)8-7-15(16)13-17;;/h3,5-8,13-14,19-20H,1,4,9-12H2,2H3;2*1H/t19-;;/m1../s1. The third kappa shape index (κ3) is 4.64. The molecule has 3 nitrogen and oxygen atoms in total. The average molecular weight is 369 g/mol. The Hall–Kier alpha value is -1.26. The van der Waals surface area contributed by atoms with Crippen molar-refractivity contribution in [2.45, 2.75) is 12.5 Å². The number of benzene rings is 2. The maximum absolute atomic E-state index is 5.31. The number of fused-ring (bicyclic) bond motifs is 1. The molecule has 132 valence electrons. The Kier molecular flexibility index (Phi) is 8.57. The SMILES string of the molecule is C=CC[C@H](c1ccc2cc(OC)ccc2c1)N1CCNCC1.Cl.Cl. The topological polar surface area (TPSA) is 24.5 Å². The molecule has 24 heavy (non-hydrogen) atoms. The van der Waals surface area contributed by atoms with Crippen LogP contribution in [0.15, 0.2) is 49.1 Å². The van der Waals surface area contributed by atoms with Crippen molar-refractivity contribution in [1.82, 2.24) is 10.2 Å². The summed E-state index contributed by atoms with van der Waals surface area (Å²) in [5.41, 5.74) is 1.37. The number of halogens is 2. The fourth-order valence-corrected chi connectivity index (χ4v) is 3.22. The molecule has 2 aromatic rings. The van der Waals surface area contributed by atoms with Gasteiger partial charge in [-0.2, -0.15) is 0 Å². The summed E-state index contributed by atoms with van der Waals surface area (Å²) in [6, 6.07) is 13.4. The summed E-state index contributed by atoms with van der Waals surface area (Å²) in [5.74, 6) is 0.907. The summed E-state index contributed by atoms with van der Waals surface area (Å²) < 4.78 is 5.31. The first kappa shape index (κ1) is 20.8. The van der Waals surface area contributed by atoms with E-state index in [0.29, 0.717) is 6.04 Å². The molecule has 2 aromatic carbocycles. The Morgan fingerprint density at radius 2 is 1.79 bits per heavy atom. The van der Waals surface area contributed by atoms with Crippen LogP contribution in [0.3, 0.4) is 0 Å². The Balaban J connectivity index is 0.00000144. The fourth-order valence-electron chi connectivity index (χ4n) is 3.22. The second-order valence-corrected chi connectivity index (χ2v) is 5.80. The molecule has 1 aliphatic heterocycles. The summed E-state index contributed by atoms with van der Waals surface area (Å²) in [6.07, 6.45) is 3.02. The van der Waals surface area contributed by atoms with Gasteiger partial charge in [-0.05, 0) is 41.0 Å². The van der Waals surface area contributed by atoms with Crippen LogP contribution in [-0.2, 0) is 0 Å². The summed E-state index contributed by atoms with van der Waals surface area (Å²) >= 11 is 0.